The molecule has 103 heavy (non-hydrogen) atoms. The molecule has 22 nitrogen and oxygen atoms in total. The van der Waals surface area contributed by atoms with E-state index < -0.39 is 127 Å². The lowest BCUT2D eigenvalue weighted by Gasteiger charge is -2.27. The number of thioether (sulfide) groups is 1. The third kappa shape index (κ3) is 49.1. The van der Waals surface area contributed by atoms with Crippen molar-refractivity contribution in [2.45, 2.75) is 400 Å². The predicted molar refractivity (Wildman–Crippen MR) is 414 cm³/mol. The minimum atomic E-state index is -1.19. The topological polar surface area (TPSA) is 320 Å². The number of unbranched alkanes of at least 4 members (excludes halogenated alkanes) is 36. The highest BCUT2D eigenvalue weighted by Crippen LogP contribution is 2.21. The Hall–Kier alpha value is -5.48. The second kappa shape index (κ2) is 62.7. The van der Waals surface area contributed by atoms with Crippen LogP contribution in [0.5, 0.6) is 0 Å². The van der Waals surface area contributed by atoms with E-state index >= 15 is 0 Å². The molecule has 1 rings (SSSR count). The Balaban J connectivity index is 3.09. The van der Waals surface area contributed by atoms with Crippen molar-refractivity contribution in [3.05, 3.63) is 0 Å². The van der Waals surface area contributed by atoms with Crippen molar-refractivity contribution in [3.8, 4) is 0 Å². The summed E-state index contributed by atoms with van der Waals surface area (Å²) in [7, 11) is 0. The zero-order valence-electron chi connectivity index (χ0n) is 66.0. The van der Waals surface area contributed by atoms with Crippen LogP contribution in [0.1, 0.15) is 358 Å². The average molecular weight is 1480 g/mol. The molecule has 7 atom stereocenters. The Morgan fingerprint density at radius 3 is 1.21 bits per heavy atom. The first-order chi connectivity index (χ1) is 49.6. The number of hydrogen-bond donors (Lipinski definition) is 8. The number of amides is 9. The molecule has 1 heterocycles. The van der Waals surface area contributed by atoms with Crippen LogP contribution in [-0.2, 0) is 62.2 Å². The van der Waals surface area contributed by atoms with Crippen LogP contribution in [0.2, 0.25) is 0 Å². The number of primary amides is 1. The maximum atomic E-state index is 14.3. The van der Waals surface area contributed by atoms with Gasteiger partial charge in [-0.15, -0.1) is 0 Å². The van der Waals surface area contributed by atoms with Gasteiger partial charge in [0.1, 0.15) is 36.3 Å². The van der Waals surface area contributed by atoms with Gasteiger partial charge in [0.2, 0.25) is 59.5 Å². The van der Waals surface area contributed by atoms with Gasteiger partial charge in [0.25, 0.3) is 0 Å². The van der Waals surface area contributed by atoms with Crippen LogP contribution in [0.25, 0.3) is 0 Å². The lowest BCUT2D eigenvalue weighted by atomic mass is 9.98. The van der Waals surface area contributed by atoms with Gasteiger partial charge in [0.15, 0.2) is 0 Å². The predicted octanol–water partition coefficient (Wildman–Crippen LogP) is 13.8. The summed E-state index contributed by atoms with van der Waals surface area (Å²) in [4.78, 5) is 148. The molecule has 23 heteroatoms. The maximum Gasteiger partial charge on any atom is 0.308 e. The number of nitrogens with two attached hydrogens (primary N) is 1. The standard InChI is InChI=1S/C80H147N9O13S/c1-10-14-17-20-23-26-29-32-35-38-41-44-47-52-67(90)86-65(60-103-57-55-72(101-70(93)53-48-45-42-39-36-33-30-27-24-21-18-15-11-2)102-71(94)54-49-46-43-40-37-34-31-28-25-22-19-16-12-3)77(97)85-63(8)76(96)88-74(62(7)13-4)79(99)83-59-69(92)87-73(61(5)6)78(98)82-58-68(91)84-64(9)80(100)89-56-50-51-66(89)75(81)95/h61-66,72-74H,10-60H2,1-9H3,(H2,81,95)(H,82,98)(H,83,99)(H,84,91)(H,85,97)(H,86,90)(H,87,92)(H,88,96)/t62-,63-,64-,65-,66-,73-,74-/m0/s1. The minimum absolute atomic E-state index is 0.0766. The van der Waals surface area contributed by atoms with Gasteiger partial charge in [-0.1, -0.05) is 286 Å². The number of hydrogen-bond acceptors (Lipinski definition) is 14. The number of nitrogens with zero attached hydrogens (tertiary/aromatic N) is 1. The molecule has 1 aliphatic rings. The highest BCUT2D eigenvalue weighted by atomic mass is 32.2. The van der Waals surface area contributed by atoms with Crippen LogP contribution in [0, 0.1) is 11.8 Å². The van der Waals surface area contributed by atoms with E-state index in [-0.39, 0.29) is 37.3 Å². The highest BCUT2D eigenvalue weighted by Gasteiger charge is 2.36. The molecule has 0 bridgehead atoms. The molecule has 0 radical (unpaired) electrons. The number of ether oxygens (including phenoxy) is 2. The molecular weight excluding hydrogens is 1330 g/mol. The van der Waals surface area contributed by atoms with Crippen molar-refractivity contribution in [2.24, 2.45) is 17.6 Å². The molecule has 9 amide bonds. The lowest BCUT2D eigenvalue weighted by Crippen LogP contribution is -2.58. The third-order valence-electron chi connectivity index (χ3n) is 19.7. The van der Waals surface area contributed by atoms with Crippen molar-refractivity contribution >= 4 is 76.9 Å². The molecule has 1 fully saturated rings. The van der Waals surface area contributed by atoms with E-state index in [0.717, 1.165) is 64.2 Å². The SMILES string of the molecule is CCCCCCCCCCCCCCCC(=O)N[C@@H](CSCCC(OC(=O)CCCCCCCCCCCCCCC)OC(=O)CCCCCCCCCCCCCCC)C(=O)N[C@@H](C)C(=O)N[C@H](C(=O)NCC(=O)N[C@H](C(=O)NCC(=O)N[C@@H](C)C(=O)N1CCC[C@H]1C(N)=O)C(C)C)[C@@H](C)CC. The maximum absolute atomic E-state index is 14.3. The molecule has 596 valence electrons. The minimum Gasteiger partial charge on any atom is -0.425 e. The number of nitrogens with one attached hydrogen (secondary N) is 7. The first-order valence-corrected chi connectivity index (χ1v) is 42.4. The van der Waals surface area contributed by atoms with Gasteiger partial charge in [-0.3, -0.25) is 52.7 Å². The molecule has 0 aromatic heterocycles. The van der Waals surface area contributed by atoms with E-state index in [2.05, 4.69) is 58.0 Å². The zero-order valence-corrected chi connectivity index (χ0v) is 66.8. The molecule has 0 saturated carbocycles. The number of carbonyl (C=O) groups is 11. The Morgan fingerprint density at radius 2 is 0.816 bits per heavy atom. The fourth-order valence-corrected chi connectivity index (χ4v) is 13.9. The number of carbonyl (C=O) groups excluding carboxylic acids is 11. The van der Waals surface area contributed by atoms with E-state index in [1.165, 1.54) is 197 Å². The van der Waals surface area contributed by atoms with Crippen molar-refractivity contribution in [1.29, 1.82) is 0 Å². The number of likely N-dealkylation sites (tertiary alicyclic amines) is 1. The van der Waals surface area contributed by atoms with Crippen LogP contribution >= 0.6 is 11.8 Å². The van der Waals surface area contributed by atoms with Gasteiger partial charge in [-0.05, 0) is 57.8 Å². The average Bonchev–Trinajstić information content (AvgIpc) is 1.78. The van der Waals surface area contributed by atoms with Crippen LogP contribution < -0.4 is 43.0 Å². The van der Waals surface area contributed by atoms with Gasteiger partial charge in [-0.2, -0.15) is 11.8 Å². The van der Waals surface area contributed by atoms with Crippen molar-refractivity contribution in [3.63, 3.8) is 0 Å². The second-order valence-electron chi connectivity index (χ2n) is 29.6. The van der Waals surface area contributed by atoms with Crippen LogP contribution in [0.3, 0.4) is 0 Å². The van der Waals surface area contributed by atoms with E-state index in [1.54, 1.807) is 20.8 Å². The second-order valence-corrected chi connectivity index (χ2v) is 30.7. The summed E-state index contributed by atoms with van der Waals surface area (Å²) in [6.07, 6.45) is 46.6. The fraction of sp³-hybridized carbons (Fsp3) is 0.863. The van der Waals surface area contributed by atoms with Gasteiger partial charge < -0.3 is 57.3 Å². The summed E-state index contributed by atoms with van der Waals surface area (Å²) in [5.41, 5.74) is 5.46. The molecule has 9 N–H and O–H groups in total. The van der Waals surface area contributed by atoms with Crippen LogP contribution in [0.4, 0.5) is 0 Å². The van der Waals surface area contributed by atoms with Gasteiger partial charge >= 0.3 is 11.9 Å². The van der Waals surface area contributed by atoms with Gasteiger partial charge in [0.05, 0.1) is 13.1 Å². The summed E-state index contributed by atoms with van der Waals surface area (Å²) in [5, 5.41) is 18.5. The molecule has 0 aromatic carbocycles. The summed E-state index contributed by atoms with van der Waals surface area (Å²) < 4.78 is 11.7. The Bertz CT molecular complexity index is 2310. The Morgan fingerprint density at radius 1 is 0.427 bits per heavy atom. The number of esters is 2. The van der Waals surface area contributed by atoms with Gasteiger partial charge in [0, 0.05) is 43.7 Å². The van der Waals surface area contributed by atoms with E-state index in [4.69, 9.17) is 15.2 Å². The van der Waals surface area contributed by atoms with Gasteiger partial charge in [-0.25, -0.2) is 0 Å². The van der Waals surface area contributed by atoms with E-state index in [0.29, 0.717) is 50.8 Å². The molecular formula is C80H147N9O13S. The highest BCUT2D eigenvalue weighted by molar-refractivity contribution is 7.99. The molecule has 0 spiro atoms. The Kier molecular flexibility index (Phi) is 58.1. The Labute approximate surface area is 627 Å². The molecule has 0 aromatic rings. The zero-order chi connectivity index (χ0) is 76.3. The monoisotopic (exact) mass is 1470 g/mol. The van der Waals surface area contributed by atoms with E-state index in [1.807, 2.05) is 6.92 Å². The van der Waals surface area contributed by atoms with Crippen molar-refractivity contribution in [2.75, 3.05) is 31.1 Å². The first-order valence-electron chi connectivity index (χ1n) is 41.2. The molecule has 1 saturated heterocycles. The quantitative estimate of drug-likeness (QED) is 0.0160. The smallest absolute Gasteiger partial charge is 0.308 e. The summed E-state index contributed by atoms with van der Waals surface area (Å²) >= 11 is 1.31. The van der Waals surface area contributed by atoms with Crippen molar-refractivity contribution < 1.29 is 62.2 Å². The number of rotatable bonds is 67. The fourth-order valence-electron chi connectivity index (χ4n) is 12.9. The largest absolute Gasteiger partial charge is 0.425 e. The van der Waals surface area contributed by atoms with Crippen LogP contribution in [0.15, 0.2) is 0 Å². The molecule has 0 aliphatic carbocycles. The normalized spacial score (nSPS) is 14.6. The third-order valence-corrected chi connectivity index (χ3v) is 20.8. The van der Waals surface area contributed by atoms with Crippen molar-refractivity contribution in [1.82, 2.24) is 42.1 Å². The molecule has 0 unspecified atom stereocenters. The molecule has 1 aliphatic heterocycles. The summed E-state index contributed by atoms with van der Waals surface area (Å²) in [6, 6.07) is -6.33. The van der Waals surface area contributed by atoms with Crippen LogP contribution in [-0.4, -0.2) is 144 Å². The lowest BCUT2D eigenvalue weighted by molar-refractivity contribution is -0.188. The summed E-state index contributed by atoms with van der Waals surface area (Å²) in [5.74, 6) is -6.94. The van der Waals surface area contributed by atoms with E-state index in [9.17, 15) is 52.7 Å². The first kappa shape index (κ1) is 95.5. The summed E-state index contributed by atoms with van der Waals surface area (Å²) in [6.45, 7) is 15.8.